The molecule has 0 heterocycles. The first-order valence-corrected chi connectivity index (χ1v) is 4.35. The molecule has 0 unspecified atom stereocenters. The Bertz CT molecular complexity index is 398. The van der Waals surface area contributed by atoms with Crippen LogP contribution in [0.5, 0.6) is 0 Å². The molecule has 1 rings (SSSR count). The second kappa shape index (κ2) is 3.00. The smallest absolute Gasteiger partial charge is 0.191 e. The monoisotopic (exact) mass is 186 g/mol. The van der Waals surface area contributed by atoms with Crippen molar-refractivity contribution >= 4 is 15.8 Å². The minimum absolute atomic E-state index is 0.354. The Balaban J connectivity index is 3.43. The Morgan fingerprint density at radius 1 is 1.17 bits per heavy atom. The molecule has 1 radical (unpaired) electrons. The Morgan fingerprint density at radius 2 is 1.75 bits per heavy atom. The quantitative estimate of drug-likeness (QED) is 0.650. The highest BCUT2D eigenvalue weighted by Gasteiger charge is 2.16. The standard InChI is InChI=1S/C6H4NO4S/c8-7-5-3-1-2-4-6(5)12(9,10)11/h1-4H. The van der Waals surface area contributed by atoms with Crippen LogP contribution >= 0.6 is 0 Å². The number of rotatable bonds is 2. The van der Waals surface area contributed by atoms with Crippen molar-refractivity contribution < 1.29 is 13.0 Å². The Hall–Kier alpha value is -1.27. The highest BCUT2D eigenvalue weighted by molar-refractivity contribution is 7.85. The molecule has 0 aliphatic heterocycles. The highest BCUT2D eigenvalue weighted by atomic mass is 32.2. The summed E-state index contributed by atoms with van der Waals surface area (Å²) >= 11 is 0. The molecule has 5 nitrogen and oxygen atoms in total. The molecule has 63 valence electrons. The summed E-state index contributed by atoms with van der Waals surface area (Å²) in [5.41, 5.74) is -0.354. The molecule has 0 fully saturated rings. The van der Waals surface area contributed by atoms with Crippen molar-refractivity contribution in [3.05, 3.63) is 29.2 Å². The predicted molar refractivity (Wildman–Crippen MR) is 39.8 cm³/mol. The number of nitroso groups, excluding NO2 is 1. The molecule has 0 N–H and O–H groups in total. The number of benzene rings is 1. The van der Waals surface area contributed by atoms with Crippen LogP contribution in [-0.2, 0) is 14.7 Å². The molecule has 0 atom stereocenters. The van der Waals surface area contributed by atoms with E-state index in [1.54, 1.807) is 0 Å². The third-order valence-corrected chi connectivity index (χ3v) is 2.12. The fraction of sp³-hybridized carbons (Fsp3) is 0. The normalized spacial score (nSPS) is 11.1. The summed E-state index contributed by atoms with van der Waals surface area (Å²) in [6, 6.07) is 4.97. The Labute approximate surface area is 68.8 Å². The van der Waals surface area contributed by atoms with Crippen molar-refractivity contribution in [2.75, 3.05) is 0 Å². The Kier molecular flexibility index (Phi) is 2.20. The molecule has 1 aromatic rings. The lowest BCUT2D eigenvalue weighted by molar-refractivity contribution is 0.414. The van der Waals surface area contributed by atoms with Gasteiger partial charge in [-0.2, -0.15) is 8.42 Å². The minimum Gasteiger partial charge on any atom is -0.191 e. The van der Waals surface area contributed by atoms with E-state index in [4.69, 9.17) is 0 Å². The van der Waals surface area contributed by atoms with E-state index in [1.807, 2.05) is 0 Å². The van der Waals surface area contributed by atoms with Crippen LogP contribution in [0.4, 0.5) is 5.69 Å². The molecule has 0 bridgehead atoms. The van der Waals surface area contributed by atoms with Gasteiger partial charge in [0.05, 0.1) is 0 Å². The molecule has 6 heteroatoms. The summed E-state index contributed by atoms with van der Waals surface area (Å²) in [6.45, 7) is 0. The maximum Gasteiger partial charge on any atom is 0.326 e. The van der Waals surface area contributed by atoms with Gasteiger partial charge in [0.15, 0.2) is 0 Å². The maximum atomic E-state index is 10.5. The van der Waals surface area contributed by atoms with Gasteiger partial charge < -0.3 is 0 Å². The van der Waals surface area contributed by atoms with Gasteiger partial charge in [0, 0.05) is 0 Å². The van der Waals surface area contributed by atoms with Crippen LogP contribution in [-0.4, -0.2) is 8.42 Å². The lowest BCUT2D eigenvalue weighted by Gasteiger charge is -1.95. The van der Waals surface area contributed by atoms with E-state index in [2.05, 4.69) is 5.18 Å². The molecular formula is C6H4NO4S. The van der Waals surface area contributed by atoms with Gasteiger partial charge in [0.1, 0.15) is 10.6 Å². The van der Waals surface area contributed by atoms with Gasteiger partial charge in [-0.1, -0.05) is 16.7 Å². The van der Waals surface area contributed by atoms with Crippen LogP contribution < -0.4 is 0 Å². The molecular weight excluding hydrogens is 182 g/mol. The van der Waals surface area contributed by atoms with E-state index < -0.39 is 15.0 Å². The molecule has 0 aliphatic carbocycles. The maximum absolute atomic E-state index is 10.5. The van der Waals surface area contributed by atoms with Gasteiger partial charge >= 0.3 is 10.1 Å². The number of hydrogen-bond acceptors (Lipinski definition) is 4. The summed E-state index contributed by atoms with van der Waals surface area (Å²) < 4.78 is 31.4. The van der Waals surface area contributed by atoms with Crippen LogP contribution in [0.2, 0.25) is 0 Å². The van der Waals surface area contributed by atoms with E-state index >= 15 is 0 Å². The second-order valence-corrected chi connectivity index (χ2v) is 3.36. The van der Waals surface area contributed by atoms with E-state index in [-0.39, 0.29) is 5.69 Å². The first-order chi connectivity index (χ1) is 5.55. The van der Waals surface area contributed by atoms with Crippen molar-refractivity contribution in [3.8, 4) is 0 Å². The highest BCUT2D eigenvalue weighted by Crippen LogP contribution is 2.22. The van der Waals surface area contributed by atoms with E-state index in [1.165, 1.54) is 12.1 Å². The van der Waals surface area contributed by atoms with Crippen LogP contribution in [0.25, 0.3) is 0 Å². The average molecular weight is 186 g/mol. The largest absolute Gasteiger partial charge is 0.326 e. The molecule has 0 saturated heterocycles. The van der Waals surface area contributed by atoms with Crippen LogP contribution in [0.15, 0.2) is 34.3 Å². The first kappa shape index (κ1) is 8.82. The SMILES string of the molecule is [O]S(=O)(=O)c1ccccc1N=O. The summed E-state index contributed by atoms with van der Waals surface area (Å²) in [5, 5.41) is 2.41. The van der Waals surface area contributed by atoms with E-state index in [9.17, 15) is 17.9 Å². The predicted octanol–water partition coefficient (Wildman–Crippen LogP) is 1.20. The zero-order chi connectivity index (χ0) is 9.19. The molecule has 1 aromatic carbocycles. The van der Waals surface area contributed by atoms with Gasteiger partial charge in [-0.25, -0.2) is 0 Å². The van der Waals surface area contributed by atoms with E-state index in [0.717, 1.165) is 12.1 Å². The van der Waals surface area contributed by atoms with Crippen molar-refractivity contribution in [1.29, 1.82) is 0 Å². The van der Waals surface area contributed by atoms with Gasteiger partial charge in [0.2, 0.25) is 0 Å². The zero-order valence-corrected chi connectivity index (χ0v) is 6.61. The summed E-state index contributed by atoms with van der Waals surface area (Å²) in [4.78, 5) is 9.44. The zero-order valence-electron chi connectivity index (χ0n) is 5.80. The first-order valence-electron chi connectivity index (χ1n) is 2.94. The van der Waals surface area contributed by atoms with Crippen LogP contribution in [0.3, 0.4) is 0 Å². The lowest BCUT2D eigenvalue weighted by atomic mass is 10.3. The molecule has 0 aliphatic rings. The molecule has 12 heavy (non-hydrogen) atoms. The van der Waals surface area contributed by atoms with Crippen LogP contribution in [0, 0.1) is 4.91 Å². The summed E-state index contributed by atoms with van der Waals surface area (Å²) in [6.07, 6.45) is 0. The molecule has 0 aromatic heterocycles. The fourth-order valence-corrected chi connectivity index (χ4v) is 1.35. The fourth-order valence-electron chi connectivity index (χ4n) is 0.744. The number of hydrogen-bond donors (Lipinski definition) is 0. The third kappa shape index (κ3) is 1.66. The van der Waals surface area contributed by atoms with Crippen molar-refractivity contribution in [2.24, 2.45) is 5.18 Å². The van der Waals surface area contributed by atoms with Gasteiger partial charge in [-0.05, 0) is 17.3 Å². The van der Waals surface area contributed by atoms with Crippen molar-refractivity contribution in [1.82, 2.24) is 0 Å². The second-order valence-electron chi connectivity index (χ2n) is 2.01. The molecule has 0 saturated carbocycles. The van der Waals surface area contributed by atoms with Crippen molar-refractivity contribution in [3.63, 3.8) is 0 Å². The minimum atomic E-state index is -4.59. The summed E-state index contributed by atoms with van der Waals surface area (Å²) in [7, 11) is -4.59. The van der Waals surface area contributed by atoms with Crippen LogP contribution in [0.1, 0.15) is 0 Å². The molecule has 0 spiro atoms. The third-order valence-electron chi connectivity index (χ3n) is 1.23. The molecule has 0 amide bonds. The van der Waals surface area contributed by atoms with Gasteiger partial charge in [-0.3, -0.25) is 0 Å². The lowest BCUT2D eigenvalue weighted by Crippen LogP contribution is -1.95. The van der Waals surface area contributed by atoms with E-state index in [0.29, 0.717) is 0 Å². The van der Waals surface area contributed by atoms with Crippen molar-refractivity contribution in [2.45, 2.75) is 4.90 Å². The summed E-state index contributed by atoms with van der Waals surface area (Å²) in [5.74, 6) is 0. The number of nitrogens with zero attached hydrogens (tertiary/aromatic N) is 1. The average Bonchev–Trinajstić information content (AvgIpc) is 2.03. The van der Waals surface area contributed by atoms with Gasteiger partial charge in [-0.15, -0.1) is 4.91 Å². The Morgan fingerprint density at radius 3 is 2.17 bits per heavy atom. The topological polar surface area (TPSA) is 83.5 Å². The van der Waals surface area contributed by atoms with Gasteiger partial charge in [0.25, 0.3) is 0 Å².